The zero-order valence-electron chi connectivity index (χ0n) is 10.5. The summed E-state index contributed by atoms with van der Waals surface area (Å²) in [5.41, 5.74) is 0.0563. The van der Waals surface area contributed by atoms with E-state index in [-0.39, 0.29) is 28.6 Å². The largest absolute Gasteiger partial charge is 0.431 e. The predicted molar refractivity (Wildman–Crippen MR) is 71.2 cm³/mol. The smallest absolute Gasteiger partial charge is 0.302 e. The van der Waals surface area contributed by atoms with E-state index < -0.39 is 11.9 Å². The van der Waals surface area contributed by atoms with Gasteiger partial charge in [-0.15, -0.1) is 0 Å². The van der Waals surface area contributed by atoms with Crippen molar-refractivity contribution in [3.8, 4) is 0 Å². The Hall–Kier alpha value is -1.83. The second-order valence-electron chi connectivity index (χ2n) is 4.78. The zero-order valence-corrected chi connectivity index (χ0v) is 11.4. The molecule has 1 saturated carbocycles. The molecule has 1 aromatic heterocycles. The fourth-order valence-corrected chi connectivity index (χ4v) is 2.78. The summed E-state index contributed by atoms with van der Waals surface area (Å²) in [5, 5.41) is 5.08. The Morgan fingerprint density at radius 1 is 1.35 bits per heavy atom. The number of nitrogens with zero attached hydrogens (tertiary/aromatic N) is 1. The van der Waals surface area contributed by atoms with Gasteiger partial charge in [-0.1, -0.05) is 11.8 Å². The minimum Gasteiger partial charge on any atom is -0.431 e. The van der Waals surface area contributed by atoms with Gasteiger partial charge in [-0.05, 0) is 19.3 Å². The number of hydrogen-bond acceptors (Lipinski definition) is 6. The Balaban J connectivity index is 1.59. The summed E-state index contributed by atoms with van der Waals surface area (Å²) in [6, 6.07) is -0.451. The molecule has 0 unspecified atom stereocenters. The van der Waals surface area contributed by atoms with Gasteiger partial charge in [-0.3, -0.25) is 19.7 Å². The van der Waals surface area contributed by atoms with Crippen LogP contribution in [0.3, 0.4) is 0 Å². The van der Waals surface area contributed by atoms with Crippen molar-refractivity contribution in [2.75, 3.05) is 11.1 Å². The van der Waals surface area contributed by atoms with Crippen molar-refractivity contribution in [2.45, 2.75) is 25.3 Å². The van der Waals surface area contributed by atoms with Crippen LogP contribution in [0.15, 0.2) is 10.7 Å². The van der Waals surface area contributed by atoms with E-state index >= 15 is 0 Å². The Kier molecular flexibility index (Phi) is 3.47. The van der Waals surface area contributed by atoms with Gasteiger partial charge in [0.05, 0.1) is 6.04 Å². The highest BCUT2D eigenvalue weighted by atomic mass is 32.2. The molecule has 0 radical (unpaired) electrons. The SMILES string of the molecule is O=C(N[C@H]1CCSC1=O)c1coc(NC(=O)C2CC2)n1. The lowest BCUT2D eigenvalue weighted by atomic mass is 10.2. The Labute approximate surface area is 118 Å². The lowest BCUT2D eigenvalue weighted by molar-refractivity contribution is -0.117. The average Bonchev–Trinajstić information content (AvgIpc) is 3.06. The van der Waals surface area contributed by atoms with Gasteiger partial charge in [-0.25, -0.2) is 0 Å². The Morgan fingerprint density at radius 3 is 2.80 bits per heavy atom. The van der Waals surface area contributed by atoms with Gasteiger partial charge in [0.2, 0.25) is 11.0 Å². The summed E-state index contributed by atoms with van der Waals surface area (Å²) in [5.74, 6) is 0.140. The van der Waals surface area contributed by atoms with E-state index in [4.69, 9.17) is 4.42 Å². The molecule has 20 heavy (non-hydrogen) atoms. The van der Waals surface area contributed by atoms with Crippen molar-refractivity contribution in [1.82, 2.24) is 10.3 Å². The number of aromatic nitrogens is 1. The third-order valence-electron chi connectivity index (χ3n) is 3.16. The summed E-state index contributed by atoms with van der Waals surface area (Å²) in [7, 11) is 0. The van der Waals surface area contributed by atoms with Crippen LogP contribution < -0.4 is 10.6 Å². The molecule has 0 bridgehead atoms. The maximum atomic E-state index is 11.9. The van der Waals surface area contributed by atoms with Crippen molar-refractivity contribution in [1.29, 1.82) is 0 Å². The Morgan fingerprint density at radius 2 is 2.15 bits per heavy atom. The molecule has 2 amide bonds. The van der Waals surface area contributed by atoms with E-state index in [0.717, 1.165) is 12.8 Å². The molecule has 2 fully saturated rings. The van der Waals surface area contributed by atoms with Crippen LogP contribution in [-0.2, 0) is 9.59 Å². The molecule has 8 heteroatoms. The molecule has 1 saturated heterocycles. The molecular weight excluding hydrogens is 282 g/mol. The summed E-state index contributed by atoms with van der Waals surface area (Å²) in [4.78, 5) is 38.7. The maximum Gasteiger partial charge on any atom is 0.302 e. The van der Waals surface area contributed by atoms with E-state index in [1.165, 1.54) is 18.0 Å². The molecule has 2 heterocycles. The number of carbonyl (C=O) groups is 3. The van der Waals surface area contributed by atoms with Crippen LogP contribution in [-0.4, -0.2) is 33.7 Å². The highest BCUT2D eigenvalue weighted by Crippen LogP contribution is 2.30. The molecule has 0 aromatic carbocycles. The van der Waals surface area contributed by atoms with Crippen molar-refractivity contribution < 1.29 is 18.8 Å². The van der Waals surface area contributed by atoms with E-state index in [0.29, 0.717) is 12.2 Å². The van der Waals surface area contributed by atoms with Gasteiger partial charge in [-0.2, -0.15) is 4.98 Å². The normalized spacial score (nSPS) is 21.8. The maximum absolute atomic E-state index is 11.9. The van der Waals surface area contributed by atoms with E-state index in [2.05, 4.69) is 15.6 Å². The number of rotatable bonds is 4. The number of hydrogen-bond donors (Lipinski definition) is 2. The van der Waals surface area contributed by atoms with Gasteiger partial charge in [0.25, 0.3) is 5.91 Å². The number of anilines is 1. The van der Waals surface area contributed by atoms with Crippen LogP contribution in [0, 0.1) is 5.92 Å². The van der Waals surface area contributed by atoms with Gasteiger partial charge < -0.3 is 9.73 Å². The minimum absolute atomic E-state index is 0.0131. The number of amides is 2. The molecular formula is C12H13N3O4S. The summed E-state index contributed by atoms with van der Waals surface area (Å²) >= 11 is 1.21. The minimum atomic E-state index is -0.471. The molecule has 1 aliphatic heterocycles. The molecule has 7 nitrogen and oxygen atoms in total. The first kappa shape index (κ1) is 13.2. The second-order valence-corrected chi connectivity index (χ2v) is 5.88. The van der Waals surface area contributed by atoms with Crippen LogP contribution in [0.2, 0.25) is 0 Å². The van der Waals surface area contributed by atoms with Crippen LogP contribution in [0.4, 0.5) is 6.01 Å². The standard InChI is InChI=1S/C12H13N3O4S/c16-9(6-1-2-6)15-12-14-8(5-19-12)10(17)13-7-3-4-20-11(7)18/h5-7H,1-4H2,(H,13,17)(H,14,15,16)/t7-/m0/s1. The number of nitrogens with one attached hydrogen (secondary N) is 2. The predicted octanol–water partition coefficient (Wildman–Crippen LogP) is 0.785. The van der Waals surface area contributed by atoms with Gasteiger partial charge >= 0.3 is 6.01 Å². The molecule has 1 atom stereocenters. The number of carbonyl (C=O) groups excluding carboxylic acids is 3. The topological polar surface area (TPSA) is 101 Å². The van der Waals surface area contributed by atoms with E-state index in [1.54, 1.807) is 0 Å². The average molecular weight is 295 g/mol. The van der Waals surface area contributed by atoms with Crippen molar-refractivity contribution in [2.24, 2.45) is 5.92 Å². The first-order valence-corrected chi connectivity index (χ1v) is 7.36. The van der Waals surface area contributed by atoms with Crippen LogP contribution in [0.5, 0.6) is 0 Å². The van der Waals surface area contributed by atoms with Gasteiger partial charge in [0.1, 0.15) is 6.26 Å². The van der Waals surface area contributed by atoms with E-state index in [9.17, 15) is 14.4 Å². The highest BCUT2D eigenvalue weighted by Gasteiger charge is 2.31. The summed E-state index contributed by atoms with van der Waals surface area (Å²) < 4.78 is 5.03. The fraction of sp³-hybridized carbons (Fsp3) is 0.500. The third kappa shape index (κ3) is 2.84. The van der Waals surface area contributed by atoms with Gasteiger partial charge in [0.15, 0.2) is 5.69 Å². The fourth-order valence-electron chi connectivity index (χ4n) is 1.85. The zero-order chi connectivity index (χ0) is 14.1. The van der Waals surface area contributed by atoms with Crippen molar-refractivity contribution >= 4 is 34.7 Å². The Bertz CT molecular complexity index is 567. The first-order valence-electron chi connectivity index (χ1n) is 6.37. The lowest BCUT2D eigenvalue weighted by Gasteiger charge is -2.07. The van der Waals surface area contributed by atoms with Crippen molar-refractivity contribution in [3.63, 3.8) is 0 Å². The highest BCUT2D eigenvalue weighted by molar-refractivity contribution is 8.14. The first-order chi connectivity index (χ1) is 9.63. The van der Waals surface area contributed by atoms with E-state index in [1.807, 2.05) is 0 Å². The molecule has 2 aliphatic rings. The molecule has 106 valence electrons. The third-order valence-corrected chi connectivity index (χ3v) is 4.16. The van der Waals surface area contributed by atoms with Gasteiger partial charge in [0, 0.05) is 11.7 Å². The summed E-state index contributed by atoms with van der Waals surface area (Å²) in [6.07, 6.45) is 3.55. The number of oxazole rings is 1. The summed E-state index contributed by atoms with van der Waals surface area (Å²) in [6.45, 7) is 0. The van der Waals surface area contributed by atoms with Crippen LogP contribution in [0.25, 0.3) is 0 Å². The quantitative estimate of drug-likeness (QED) is 0.851. The molecule has 0 spiro atoms. The lowest BCUT2D eigenvalue weighted by Crippen LogP contribution is -2.37. The molecule has 3 rings (SSSR count). The molecule has 1 aromatic rings. The van der Waals surface area contributed by atoms with Crippen molar-refractivity contribution in [3.05, 3.63) is 12.0 Å². The van der Waals surface area contributed by atoms with Crippen LogP contribution >= 0.6 is 11.8 Å². The van der Waals surface area contributed by atoms with Crippen LogP contribution in [0.1, 0.15) is 29.8 Å². The molecule has 1 aliphatic carbocycles. The monoisotopic (exact) mass is 295 g/mol. The molecule has 2 N–H and O–H groups in total. The number of thioether (sulfide) groups is 1. The second kappa shape index (κ2) is 5.28.